The van der Waals surface area contributed by atoms with Gasteiger partial charge in [0.25, 0.3) is 5.91 Å². The van der Waals surface area contributed by atoms with Gasteiger partial charge in [-0.1, -0.05) is 29.8 Å². The van der Waals surface area contributed by atoms with Gasteiger partial charge in [0, 0.05) is 15.4 Å². The van der Waals surface area contributed by atoms with Gasteiger partial charge in [0.05, 0.1) is 5.69 Å². The summed E-state index contributed by atoms with van der Waals surface area (Å²) in [6.07, 6.45) is 0. The number of hydrogen-bond acceptors (Lipinski definition) is 4. The van der Waals surface area contributed by atoms with Crippen molar-refractivity contribution >= 4 is 38.3 Å². The molecule has 0 aliphatic rings. The van der Waals surface area contributed by atoms with Gasteiger partial charge in [0.1, 0.15) is 11.6 Å². The number of amides is 1. The predicted octanol–water partition coefficient (Wildman–Crippen LogP) is 6.16. The van der Waals surface area contributed by atoms with Crippen LogP contribution in [0.2, 0.25) is 0 Å². The summed E-state index contributed by atoms with van der Waals surface area (Å²) in [6.45, 7) is 6.03. The van der Waals surface area contributed by atoms with E-state index in [-0.39, 0.29) is 24.2 Å². The van der Waals surface area contributed by atoms with E-state index in [4.69, 9.17) is 4.74 Å². The van der Waals surface area contributed by atoms with Gasteiger partial charge >= 0.3 is 0 Å². The molecule has 0 aliphatic heterocycles. The van der Waals surface area contributed by atoms with Gasteiger partial charge in [-0.3, -0.25) is 10.1 Å². The first kappa shape index (κ1) is 20.5. The van der Waals surface area contributed by atoms with Gasteiger partial charge in [0.15, 0.2) is 11.7 Å². The lowest BCUT2D eigenvalue weighted by atomic mass is 10.0. The van der Waals surface area contributed by atoms with Crippen LogP contribution in [0.5, 0.6) is 5.75 Å². The van der Waals surface area contributed by atoms with Crippen LogP contribution in [0.25, 0.3) is 11.3 Å². The quantitative estimate of drug-likeness (QED) is 0.476. The van der Waals surface area contributed by atoms with Crippen molar-refractivity contribution in [3.05, 3.63) is 63.2 Å². The van der Waals surface area contributed by atoms with Gasteiger partial charge < -0.3 is 4.74 Å². The second kappa shape index (κ2) is 8.84. The Kier molecular flexibility index (Phi) is 6.46. The van der Waals surface area contributed by atoms with Crippen molar-refractivity contribution in [2.75, 3.05) is 11.9 Å². The highest BCUT2D eigenvalue weighted by molar-refractivity contribution is 9.10. The van der Waals surface area contributed by atoms with Crippen molar-refractivity contribution in [3.63, 3.8) is 0 Å². The number of ether oxygens (including phenoxy) is 1. The number of benzene rings is 2. The molecule has 28 heavy (non-hydrogen) atoms. The Morgan fingerprint density at radius 1 is 1.29 bits per heavy atom. The van der Waals surface area contributed by atoms with E-state index < -0.39 is 0 Å². The lowest BCUT2D eigenvalue weighted by molar-refractivity contribution is -0.118. The maximum atomic E-state index is 13.0. The highest BCUT2D eigenvalue weighted by Gasteiger charge is 2.14. The highest BCUT2D eigenvalue weighted by Crippen LogP contribution is 2.32. The minimum Gasteiger partial charge on any atom is -0.483 e. The summed E-state index contributed by atoms with van der Waals surface area (Å²) in [7, 11) is 0. The van der Waals surface area contributed by atoms with E-state index >= 15 is 0 Å². The van der Waals surface area contributed by atoms with Crippen molar-refractivity contribution in [3.8, 4) is 17.0 Å². The molecule has 2 aromatic carbocycles. The van der Waals surface area contributed by atoms with Crippen molar-refractivity contribution in [2.45, 2.75) is 26.7 Å². The van der Waals surface area contributed by atoms with E-state index in [9.17, 15) is 9.18 Å². The summed E-state index contributed by atoms with van der Waals surface area (Å²) in [5.41, 5.74) is 3.56. The van der Waals surface area contributed by atoms with E-state index in [1.807, 2.05) is 24.4 Å². The van der Waals surface area contributed by atoms with E-state index in [0.29, 0.717) is 16.6 Å². The SMILES string of the molecule is Cc1cc(OCC(=O)Nc2nc(-c3ccc(F)cc3)cs2)c(C(C)C)cc1Br. The van der Waals surface area contributed by atoms with Crippen LogP contribution in [0.1, 0.15) is 30.9 Å². The van der Waals surface area contributed by atoms with Crippen LogP contribution in [0.15, 0.2) is 46.3 Å². The van der Waals surface area contributed by atoms with Gasteiger partial charge in [-0.05, 0) is 60.4 Å². The Morgan fingerprint density at radius 2 is 2.00 bits per heavy atom. The fourth-order valence-corrected chi connectivity index (χ4v) is 3.73. The summed E-state index contributed by atoms with van der Waals surface area (Å²) in [5, 5.41) is 5.04. The Hall–Kier alpha value is -2.25. The van der Waals surface area contributed by atoms with Crippen LogP contribution in [0.4, 0.5) is 9.52 Å². The van der Waals surface area contributed by atoms with Gasteiger partial charge in [-0.25, -0.2) is 9.37 Å². The third-order valence-corrected chi connectivity index (χ3v) is 5.77. The number of rotatable bonds is 6. The standard InChI is InChI=1S/C21H20BrFN2O2S/c1-12(2)16-9-17(22)13(3)8-19(16)27-10-20(26)25-21-24-18(11-28-21)14-4-6-15(23)7-5-14/h4-9,11-12H,10H2,1-3H3,(H,24,25,26). The first-order chi connectivity index (χ1) is 13.3. The van der Waals surface area contributed by atoms with Gasteiger partial charge in [0.2, 0.25) is 0 Å². The van der Waals surface area contributed by atoms with E-state index in [1.54, 1.807) is 12.1 Å². The number of carbonyl (C=O) groups excluding carboxylic acids is 1. The molecule has 0 aliphatic carbocycles. The first-order valence-electron chi connectivity index (χ1n) is 8.77. The summed E-state index contributed by atoms with van der Waals surface area (Å²) < 4.78 is 19.8. The normalized spacial score (nSPS) is 10.9. The summed E-state index contributed by atoms with van der Waals surface area (Å²) in [6, 6.07) is 10.0. The minimum atomic E-state index is -0.298. The fraction of sp³-hybridized carbons (Fsp3) is 0.238. The Labute approximate surface area is 175 Å². The van der Waals surface area contributed by atoms with Gasteiger partial charge in [-0.2, -0.15) is 0 Å². The molecule has 7 heteroatoms. The lowest BCUT2D eigenvalue weighted by Crippen LogP contribution is -2.20. The molecule has 1 heterocycles. The topological polar surface area (TPSA) is 51.2 Å². The first-order valence-corrected chi connectivity index (χ1v) is 10.4. The highest BCUT2D eigenvalue weighted by atomic mass is 79.9. The maximum absolute atomic E-state index is 13.0. The number of hydrogen-bond donors (Lipinski definition) is 1. The average molecular weight is 463 g/mol. The molecule has 1 aromatic heterocycles. The smallest absolute Gasteiger partial charge is 0.264 e. The fourth-order valence-electron chi connectivity index (χ4n) is 2.63. The van der Waals surface area contributed by atoms with Crippen LogP contribution in [-0.4, -0.2) is 17.5 Å². The second-order valence-electron chi connectivity index (χ2n) is 6.68. The molecular formula is C21H20BrFN2O2S. The van der Waals surface area contributed by atoms with Crippen LogP contribution in [0, 0.1) is 12.7 Å². The van der Waals surface area contributed by atoms with E-state index in [0.717, 1.165) is 21.2 Å². The number of aryl methyl sites for hydroxylation is 1. The zero-order chi connectivity index (χ0) is 20.3. The van der Waals surface area contributed by atoms with Crippen molar-refractivity contribution < 1.29 is 13.9 Å². The molecule has 0 radical (unpaired) electrons. The molecule has 0 fully saturated rings. The molecule has 0 unspecified atom stereocenters. The molecular weight excluding hydrogens is 443 g/mol. The molecule has 0 saturated carbocycles. The molecule has 0 saturated heterocycles. The molecule has 0 spiro atoms. The third-order valence-electron chi connectivity index (χ3n) is 4.16. The summed E-state index contributed by atoms with van der Waals surface area (Å²) >= 11 is 4.85. The maximum Gasteiger partial charge on any atom is 0.264 e. The largest absolute Gasteiger partial charge is 0.483 e. The number of aromatic nitrogens is 1. The number of anilines is 1. The van der Waals surface area contributed by atoms with Gasteiger partial charge in [-0.15, -0.1) is 11.3 Å². The molecule has 146 valence electrons. The minimum absolute atomic E-state index is 0.105. The summed E-state index contributed by atoms with van der Waals surface area (Å²) in [4.78, 5) is 16.7. The number of thiazole rings is 1. The number of halogens is 2. The molecule has 0 bridgehead atoms. The third kappa shape index (κ3) is 4.97. The molecule has 3 aromatic rings. The molecule has 1 amide bonds. The van der Waals surface area contributed by atoms with Crippen molar-refractivity contribution in [1.82, 2.24) is 4.98 Å². The Balaban J connectivity index is 1.64. The van der Waals surface area contributed by atoms with Crippen LogP contribution in [0.3, 0.4) is 0 Å². The van der Waals surface area contributed by atoms with Crippen LogP contribution in [-0.2, 0) is 4.79 Å². The van der Waals surface area contributed by atoms with Crippen LogP contribution >= 0.6 is 27.3 Å². The molecule has 0 atom stereocenters. The van der Waals surface area contributed by atoms with Crippen LogP contribution < -0.4 is 10.1 Å². The number of carbonyl (C=O) groups is 1. The second-order valence-corrected chi connectivity index (χ2v) is 8.39. The zero-order valence-corrected chi connectivity index (χ0v) is 18.2. The van der Waals surface area contributed by atoms with Crippen molar-refractivity contribution in [1.29, 1.82) is 0 Å². The molecule has 4 nitrogen and oxygen atoms in total. The monoisotopic (exact) mass is 462 g/mol. The van der Waals surface area contributed by atoms with E-state index in [2.05, 4.69) is 40.1 Å². The number of nitrogens with zero attached hydrogens (tertiary/aromatic N) is 1. The summed E-state index contributed by atoms with van der Waals surface area (Å²) in [5.74, 6) is 0.396. The Bertz CT molecular complexity index is 987. The molecule has 1 N–H and O–H groups in total. The van der Waals surface area contributed by atoms with Crippen molar-refractivity contribution in [2.24, 2.45) is 0 Å². The Morgan fingerprint density at radius 3 is 2.68 bits per heavy atom. The predicted molar refractivity (Wildman–Crippen MR) is 115 cm³/mol. The lowest BCUT2D eigenvalue weighted by Gasteiger charge is -2.15. The molecule has 3 rings (SSSR count). The number of nitrogens with one attached hydrogen (secondary N) is 1. The zero-order valence-electron chi connectivity index (χ0n) is 15.8. The van der Waals surface area contributed by atoms with E-state index in [1.165, 1.54) is 23.5 Å². The average Bonchev–Trinajstić information content (AvgIpc) is 3.11.